The predicted molar refractivity (Wildman–Crippen MR) is 102 cm³/mol. The largest absolute Gasteiger partial charge is 0.266 e. The summed E-state index contributed by atoms with van der Waals surface area (Å²) in [5.74, 6) is -0.508. The van der Waals surface area contributed by atoms with Crippen molar-refractivity contribution < 1.29 is 12.8 Å². The molecule has 0 unspecified atom stereocenters. The molecule has 0 bridgehead atoms. The van der Waals surface area contributed by atoms with Gasteiger partial charge in [-0.05, 0) is 48.4 Å². The van der Waals surface area contributed by atoms with E-state index in [2.05, 4.69) is 0 Å². The van der Waals surface area contributed by atoms with Gasteiger partial charge in [-0.1, -0.05) is 54.1 Å². The molecule has 0 aliphatic carbocycles. The van der Waals surface area contributed by atoms with Gasteiger partial charge in [0.1, 0.15) is 10.7 Å². The van der Waals surface area contributed by atoms with E-state index in [1.54, 1.807) is 18.2 Å². The quantitative estimate of drug-likeness (QED) is 0.602. The molecule has 0 saturated carbocycles. The number of hydrogen-bond donors (Lipinski definition) is 0. The Labute approximate surface area is 157 Å². The number of anilines is 1. The lowest BCUT2D eigenvalue weighted by Crippen LogP contribution is -2.31. The Morgan fingerprint density at radius 1 is 0.962 bits per heavy atom. The van der Waals surface area contributed by atoms with E-state index in [9.17, 15) is 12.8 Å². The van der Waals surface area contributed by atoms with Gasteiger partial charge in [-0.2, -0.15) is 0 Å². The fourth-order valence-corrected chi connectivity index (χ4v) is 4.59. The number of hydrogen-bond acceptors (Lipinski definition) is 2. The van der Waals surface area contributed by atoms with E-state index in [4.69, 9.17) is 11.6 Å². The molecule has 0 atom stereocenters. The van der Waals surface area contributed by atoms with Gasteiger partial charge in [-0.25, -0.2) is 12.8 Å². The first kappa shape index (κ1) is 18.4. The van der Waals surface area contributed by atoms with Crippen molar-refractivity contribution in [2.24, 2.45) is 0 Å². The van der Waals surface area contributed by atoms with Crippen LogP contribution in [0.3, 0.4) is 0 Å². The summed E-state index contributed by atoms with van der Waals surface area (Å²) >= 11 is 6.13. The van der Waals surface area contributed by atoms with E-state index in [-0.39, 0.29) is 22.2 Å². The second-order valence-electron chi connectivity index (χ2n) is 5.85. The van der Waals surface area contributed by atoms with Gasteiger partial charge in [0.2, 0.25) is 0 Å². The molecule has 0 N–H and O–H groups in total. The molecule has 0 radical (unpaired) electrons. The summed E-state index contributed by atoms with van der Waals surface area (Å²) < 4.78 is 41.5. The van der Waals surface area contributed by atoms with Crippen LogP contribution in [0, 0.1) is 12.7 Å². The molecule has 3 aromatic carbocycles. The van der Waals surface area contributed by atoms with Crippen molar-refractivity contribution in [2.45, 2.75) is 18.4 Å². The van der Waals surface area contributed by atoms with E-state index in [1.165, 1.54) is 34.6 Å². The first-order valence-electron chi connectivity index (χ1n) is 7.97. The van der Waals surface area contributed by atoms with Crippen LogP contribution in [0.25, 0.3) is 0 Å². The van der Waals surface area contributed by atoms with Gasteiger partial charge in [-0.3, -0.25) is 4.31 Å². The van der Waals surface area contributed by atoms with E-state index in [0.717, 1.165) is 11.1 Å². The Morgan fingerprint density at radius 2 is 1.65 bits per heavy atom. The van der Waals surface area contributed by atoms with Crippen LogP contribution in [0.15, 0.2) is 77.7 Å². The second kappa shape index (κ2) is 7.48. The summed E-state index contributed by atoms with van der Waals surface area (Å²) in [7, 11) is -3.98. The molecule has 0 spiro atoms. The van der Waals surface area contributed by atoms with Gasteiger partial charge in [0.05, 0.1) is 17.3 Å². The smallest absolute Gasteiger partial charge is 0.262 e. The maximum Gasteiger partial charge on any atom is 0.266 e. The molecule has 26 heavy (non-hydrogen) atoms. The minimum absolute atomic E-state index is 0.0143. The van der Waals surface area contributed by atoms with Crippen molar-refractivity contribution in [3.63, 3.8) is 0 Å². The molecule has 3 rings (SSSR count). The number of sulfonamides is 1. The molecule has 0 saturated heterocycles. The summed E-state index contributed by atoms with van der Waals surface area (Å²) in [6.07, 6.45) is 0. The van der Waals surface area contributed by atoms with Crippen molar-refractivity contribution in [1.29, 1.82) is 0 Å². The Kier molecular flexibility index (Phi) is 5.30. The normalized spacial score (nSPS) is 11.3. The summed E-state index contributed by atoms with van der Waals surface area (Å²) in [5, 5.41) is 0.124. The van der Waals surface area contributed by atoms with Crippen LogP contribution in [0.4, 0.5) is 10.1 Å². The molecule has 3 aromatic rings. The number of nitrogens with zero attached hydrogens (tertiary/aromatic N) is 1. The van der Waals surface area contributed by atoms with Gasteiger partial charge in [0.15, 0.2) is 0 Å². The second-order valence-corrected chi connectivity index (χ2v) is 8.09. The number of benzene rings is 3. The van der Waals surface area contributed by atoms with Crippen LogP contribution in [-0.2, 0) is 16.6 Å². The maximum atomic E-state index is 13.8. The highest BCUT2D eigenvalue weighted by atomic mass is 35.5. The van der Waals surface area contributed by atoms with Crippen LogP contribution in [0.2, 0.25) is 5.02 Å². The SMILES string of the molecule is Cc1ccccc1CN(c1cccc(F)c1)S(=O)(=O)c1ccccc1Cl. The highest BCUT2D eigenvalue weighted by Gasteiger charge is 2.27. The molecule has 134 valence electrons. The Hall–Kier alpha value is -2.37. The zero-order valence-electron chi connectivity index (χ0n) is 14.1. The fraction of sp³-hybridized carbons (Fsp3) is 0.100. The van der Waals surface area contributed by atoms with Crippen LogP contribution in [0.5, 0.6) is 0 Å². The van der Waals surface area contributed by atoms with E-state index in [0.29, 0.717) is 0 Å². The first-order valence-corrected chi connectivity index (χ1v) is 9.79. The minimum Gasteiger partial charge on any atom is -0.262 e. The standard InChI is InChI=1S/C20H17ClFNO2S/c1-15-7-2-3-8-16(15)14-23(18-10-6-9-17(22)13-18)26(24,25)20-12-5-4-11-19(20)21/h2-13H,14H2,1H3. The highest BCUT2D eigenvalue weighted by Crippen LogP contribution is 2.30. The van der Waals surface area contributed by atoms with Gasteiger partial charge in [0.25, 0.3) is 10.0 Å². The molecule has 0 aromatic heterocycles. The Bertz CT molecular complexity index is 1040. The molecule has 3 nitrogen and oxygen atoms in total. The summed E-state index contributed by atoms with van der Waals surface area (Å²) in [5.41, 5.74) is 2.02. The highest BCUT2D eigenvalue weighted by molar-refractivity contribution is 7.93. The maximum absolute atomic E-state index is 13.8. The van der Waals surface area contributed by atoms with Crippen molar-refractivity contribution in [2.75, 3.05) is 4.31 Å². The monoisotopic (exact) mass is 389 g/mol. The van der Waals surface area contributed by atoms with Gasteiger partial charge < -0.3 is 0 Å². The summed E-state index contributed by atoms with van der Waals surface area (Å²) in [6, 6.07) is 19.2. The van der Waals surface area contributed by atoms with Crippen LogP contribution < -0.4 is 4.31 Å². The van der Waals surface area contributed by atoms with Crippen LogP contribution in [-0.4, -0.2) is 8.42 Å². The third-order valence-electron chi connectivity index (χ3n) is 4.08. The lowest BCUT2D eigenvalue weighted by molar-refractivity contribution is 0.590. The van der Waals surface area contributed by atoms with Gasteiger partial charge in [0, 0.05) is 0 Å². The third-order valence-corrected chi connectivity index (χ3v) is 6.35. The van der Waals surface area contributed by atoms with Crippen molar-refractivity contribution in [3.05, 3.63) is 94.8 Å². The number of aryl methyl sites for hydroxylation is 1. The number of rotatable bonds is 5. The summed E-state index contributed by atoms with van der Waals surface area (Å²) in [4.78, 5) is -0.0143. The summed E-state index contributed by atoms with van der Waals surface area (Å²) in [6.45, 7) is 1.98. The molecule has 0 aliphatic heterocycles. The van der Waals surface area contributed by atoms with E-state index < -0.39 is 15.8 Å². The van der Waals surface area contributed by atoms with E-state index >= 15 is 0 Å². The number of halogens is 2. The molecule has 0 amide bonds. The molecule has 0 fully saturated rings. The van der Waals surface area contributed by atoms with Crippen LogP contribution in [0.1, 0.15) is 11.1 Å². The molecule has 6 heteroatoms. The van der Waals surface area contributed by atoms with Crippen molar-refractivity contribution in [1.82, 2.24) is 0 Å². The average molecular weight is 390 g/mol. The Balaban J connectivity index is 2.15. The average Bonchev–Trinajstić information content (AvgIpc) is 2.61. The molecular formula is C20H17ClFNO2S. The zero-order chi connectivity index (χ0) is 18.7. The van der Waals surface area contributed by atoms with Gasteiger partial charge >= 0.3 is 0 Å². The Morgan fingerprint density at radius 3 is 2.35 bits per heavy atom. The topological polar surface area (TPSA) is 37.4 Å². The van der Waals surface area contributed by atoms with E-state index in [1.807, 2.05) is 31.2 Å². The lowest BCUT2D eigenvalue weighted by atomic mass is 10.1. The first-order chi connectivity index (χ1) is 12.4. The lowest BCUT2D eigenvalue weighted by Gasteiger charge is -2.26. The zero-order valence-corrected chi connectivity index (χ0v) is 15.6. The fourth-order valence-electron chi connectivity index (χ4n) is 2.66. The van der Waals surface area contributed by atoms with Crippen molar-refractivity contribution in [3.8, 4) is 0 Å². The van der Waals surface area contributed by atoms with Gasteiger partial charge in [-0.15, -0.1) is 0 Å². The minimum atomic E-state index is -3.98. The predicted octanol–water partition coefficient (Wildman–Crippen LogP) is 5.18. The third kappa shape index (κ3) is 3.74. The molecule has 0 aliphatic rings. The molecular weight excluding hydrogens is 373 g/mol. The van der Waals surface area contributed by atoms with Crippen molar-refractivity contribution >= 4 is 27.3 Å². The molecule has 0 heterocycles. The van der Waals surface area contributed by atoms with Crippen LogP contribution >= 0.6 is 11.6 Å².